The van der Waals surface area contributed by atoms with E-state index in [-0.39, 0.29) is 11.3 Å². The molecular formula is C13H10F2N2O. The Balaban J connectivity index is 2.28. The molecule has 0 unspecified atom stereocenters. The van der Waals surface area contributed by atoms with E-state index in [1.54, 1.807) is 6.92 Å². The number of amides is 1. The summed E-state index contributed by atoms with van der Waals surface area (Å²) in [4.78, 5) is 15.4. The molecule has 0 atom stereocenters. The van der Waals surface area contributed by atoms with Crippen molar-refractivity contribution >= 4 is 11.6 Å². The monoisotopic (exact) mass is 248 g/mol. The first-order chi connectivity index (χ1) is 8.58. The zero-order valence-electron chi connectivity index (χ0n) is 9.58. The van der Waals surface area contributed by atoms with Gasteiger partial charge in [-0.05, 0) is 30.7 Å². The van der Waals surface area contributed by atoms with E-state index in [0.717, 1.165) is 12.3 Å². The predicted molar refractivity (Wildman–Crippen MR) is 63.3 cm³/mol. The van der Waals surface area contributed by atoms with Crippen LogP contribution in [0.25, 0.3) is 0 Å². The van der Waals surface area contributed by atoms with E-state index >= 15 is 0 Å². The fraction of sp³-hybridized carbons (Fsp3) is 0.0769. The smallest absolute Gasteiger partial charge is 0.256 e. The van der Waals surface area contributed by atoms with Crippen molar-refractivity contribution in [1.29, 1.82) is 0 Å². The lowest BCUT2D eigenvalue weighted by Crippen LogP contribution is -2.14. The van der Waals surface area contributed by atoms with Crippen LogP contribution in [-0.2, 0) is 0 Å². The molecule has 0 bridgehead atoms. The molecule has 2 rings (SSSR count). The molecule has 0 radical (unpaired) electrons. The van der Waals surface area contributed by atoms with Gasteiger partial charge in [0.25, 0.3) is 5.91 Å². The SMILES string of the molecule is Cc1ccc(F)cc1C(=O)Nc1ccncc1F. The van der Waals surface area contributed by atoms with Gasteiger partial charge in [0, 0.05) is 11.8 Å². The molecule has 1 heterocycles. The van der Waals surface area contributed by atoms with Gasteiger partial charge in [0.1, 0.15) is 5.82 Å². The average Bonchev–Trinajstić information content (AvgIpc) is 2.35. The van der Waals surface area contributed by atoms with Gasteiger partial charge in [-0.2, -0.15) is 0 Å². The van der Waals surface area contributed by atoms with Crippen LogP contribution in [0.5, 0.6) is 0 Å². The second kappa shape index (κ2) is 4.91. The number of anilines is 1. The Kier molecular flexibility index (Phi) is 3.32. The maximum atomic E-state index is 13.3. The number of aromatic nitrogens is 1. The van der Waals surface area contributed by atoms with Crippen molar-refractivity contribution in [2.45, 2.75) is 6.92 Å². The lowest BCUT2D eigenvalue weighted by molar-refractivity contribution is 0.102. The molecule has 0 aliphatic heterocycles. The molecule has 0 aliphatic rings. The predicted octanol–water partition coefficient (Wildman–Crippen LogP) is 2.92. The van der Waals surface area contributed by atoms with Crippen molar-refractivity contribution in [3.05, 3.63) is 59.4 Å². The van der Waals surface area contributed by atoms with Crippen LogP contribution in [0.15, 0.2) is 36.7 Å². The first-order valence-electron chi connectivity index (χ1n) is 5.25. The number of rotatable bonds is 2. The maximum absolute atomic E-state index is 13.3. The van der Waals surface area contributed by atoms with E-state index in [9.17, 15) is 13.6 Å². The van der Waals surface area contributed by atoms with Crippen molar-refractivity contribution in [2.24, 2.45) is 0 Å². The van der Waals surface area contributed by atoms with Crippen LogP contribution in [0.1, 0.15) is 15.9 Å². The number of benzene rings is 1. The molecule has 1 amide bonds. The molecule has 0 saturated carbocycles. The molecule has 18 heavy (non-hydrogen) atoms. The normalized spacial score (nSPS) is 10.2. The van der Waals surface area contributed by atoms with Gasteiger partial charge < -0.3 is 5.32 Å². The molecule has 0 spiro atoms. The molecule has 1 aromatic heterocycles. The van der Waals surface area contributed by atoms with Gasteiger partial charge in [-0.3, -0.25) is 9.78 Å². The first kappa shape index (κ1) is 12.2. The molecule has 0 fully saturated rings. The Morgan fingerprint density at radius 1 is 1.28 bits per heavy atom. The number of aryl methyl sites for hydroxylation is 1. The highest BCUT2D eigenvalue weighted by Gasteiger charge is 2.12. The lowest BCUT2D eigenvalue weighted by Gasteiger charge is -2.08. The summed E-state index contributed by atoms with van der Waals surface area (Å²) in [5.41, 5.74) is 0.799. The third kappa shape index (κ3) is 2.51. The largest absolute Gasteiger partial charge is 0.319 e. The van der Waals surface area contributed by atoms with Crippen LogP contribution in [-0.4, -0.2) is 10.9 Å². The third-order valence-corrected chi connectivity index (χ3v) is 2.46. The van der Waals surface area contributed by atoms with E-state index in [0.29, 0.717) is 5.56 Å². The number of nitrogens with one attached hydrogen (secondary N) is 1. The van der Waals surface area contributed by atoms with Gasteiger partial charge in [-0.15, -0.1) is 0 Å². The standard InChI is InChI=1S/C13H10F2N2O/c1-8-2-3-9(14)6-10(8)13(18)17-12-4-5-16-7-11(12)15/h2-7H,1H3,(H,16,17,18). The van der Waals surface area contributed by atoms with Gasteiger partial charge in [0.2, 0.25) is 0 Å². The maximum Gasteiger partial charge on any atom is 0.256 e. The Labute approximate surface area is 102 Å². The molecule has 1 N–H and O–H groups in total. The highest BCUT2D eigenvalue weighted by Crippen LogP contribution is 2.15. The van der Waals surface area contributed by atoms with E-state index in [1.165, 1.54) is 24.4 Å². The van der Waals surface area contributed by atoms with Crippen molar-refractivity contribution in [1.82, 2.24) is 4.98 Å². The van der Waals surface area contributed by atoms with E-state index < -0.39 is 17.5 Å². The lowest BCUT2D eigenvalue weighted by atomic mass is 10.1. The quantitative estimate of drug-likeness (QED) is 0.887. The van der Waals surface area contributed by atoms with Gasteiger partial charge in [0.05, 0.1) is 11.9 Å². The molecule has 3 nitrogen and oxygen atoms in total. The van der Waals surface area contributed by atoms with Crippen molar-refractivity contribution in [3.63, 3.8) is 0 Å². The molecule has 2 aromatic rings. The summed E-state index contributed by atoms with van der Waals surface area (Å²) in [7, 11) is 0. The van der Waals surface area contributed by atoms with Crippen LogP contribution < -0.4 is 5.32 Å². The fourth-order valence-electron chi connectivity index (χ4n) is 1.51. The minimum atomic E-state index is -0.639. The van der Waals surface area contributed by atoms with Gasteiger partial charge >= 0.3 is 0 Å². The Morgan fingerprint density at radius 2 is 2.06 bits per heavy atom. The van der Waals surface area contributed by atoms with E-state index in [2.05, 4.69) is 10.3 Å². The fourth-order valence-corrected chi connectivity index (χ4v) is 1.51. The van der Waals surface area contributed by atoms with Crippen LogP contribution in [0, 0.1) is 18.6 Å². The highest BCUT2D eigenvalue weighted by molar-refractivity contribution is 6.05. The number of nitrogens with zero attached hydrogens (tertiary/aromatic N) is 1. The van der Waals surface area contributed by atoms with Crippen LogP contribution >= 0.6 is 0 Å². The number of pyridine rings is 1. The topological polar surface area (TPSA) is 42.0 Å². The summed E-state index contributed by atoms with van der Waals surface area (Å²) in [6.07, 6.45) is 2.35. The number of carbonyl (C=O) groups is 1. The molecule has 1 aromatic carbocycles. The summed E-state index contributed by atoms with van der Waals surface area (Å²) in [6.45, 7) is 1.68. The molecule has 92 valence electrons. The van der Waals surface area contributed by atoms with Crippen LogP contribution in [0.4, 0.5) is 14.5 Å². The van der Waals surface area contributed by atoms with Crippen LogP contribution in [0.3, 0.4) is 0 Å². The average molecular weight is 248 g/mol. The Bertz CT molecular complexity index is 599. The van der Waals surface area contributed by atoms with Crippen molar-refractivity contribution < 1.29 is 13.6 Å². The Morgan fingerprint density at radius 3 is 2.78 bits per heavy atom. The van der Waals surface area contributed by atoms with Gasteiger partial charge in [0.15, 0.2) is 5.82 Å². The van der Waals surface area contributed by atoms with E-state index in [4.69, 9.17) is 0 Å². The first-order valence-corrected chi connectivity index (χ1v) is 5.25. The molecule has 0 aliphatic carbocycles. The van der Waals surface area contributed by atoms with Crippen LogP contribution in [0.2, 0.25) is 0 Å². The molecule has 5 heteroatoms. The molecule has 0 saturated heterocycles. The zero-order valence-corrected chi connectivity index (χ0v) is 9.58. The number of hydrogen-bond donors (Lipinski definition) is 1. The summed E-state index contributed by atoms with van der Waals surface area (Å²) in [5.74, 6) is -1.71. The number of halogens is 2. The second-order valence-corrected chi connectivity index (χ2v) is 3.77. The van der Waals surface area contributed by atoms with E-state index in [1.807, 2.05) is 0 Å². The zero-order chi connectivity index (χ0) is 13.1. The van der Waals surface area contributed by atoms with Crippen molar-refractivity contribution in [2.75, 3.05) is 5.32 Å². The summed E-state index contributed by atoms with van der Waals surface area (Å²) in [5, 5.41) is 2.37. The second-order valence-electron chi connectivity index (χ2n) is 3.77. The summed E-state index contributed by atoms with van der Waals surface area (Å²) >= 11 is 0. The Hall–Kier alpha value is -2.30. The highest BCUT2D eigenvalue weighted by atomic mass is 19.1. The third-order valence-electron chi connectivity index (χ3n) is 2.46. The summed E-state index contributed by atoms with van der Waals surface area (Å²) in [6, 6.07) is 5.21. The summed E-state index contributed by atoms with van der Waals surface area (Å²) < 4.78 is 26.4. The van der Waals surface area contributed by atoms with Crippen molar-refractivity contribution in [3.8, 4) is 0 Å². The van der Waals surface area contributed by atoms with Gasteiger partial charge in [-0.1, -0.05) is 6.07 Å². The minimum Gasteiger partial charge on any atom is -0.319 e. The number of carbonyl (C=O) groups excluding carboxylic acids is 1. The molecular weight excluding hydrogens is 238 g/mol. The number of hydrogen-bond acceptors (Lipinski definition) is 2. The van der Waals surface area contributed by atoms with Gasteiger partial charge in [-0.25, -0.2) is 8.78 Å². The minimum absolute atomic E-state index is 0.0126.